The fourth-order valence-corrected chi connectivity index (χ4v) is 0.784. The summed E-state index contributed by atoms with van der Waals surface area (Å²) >= 11 is 0. The van der Waals surface area contributed by atoms with Crippen LogP contribution in [0.25, 0.3) is 0 Å². The molecule has 0 heterocycles. The summed E-state index contributed by atoms with van der Waals surface area (Å²) < 4.78 is 0. The van der Waals surface area contributed by atoms with Crippen molar-refractivity contribution in [2.45, 2.75) is 26.7 Å². The summed E-state index contributed by atoms with van der Waals surface area (Å²) in [5, 5.41) is 0. The van der Waals surface area contributed by atoms with E-state index in [1.165, 1.54) is 12.8 Å². The summed E-state index contributed by atoms with van der Waals surface area (Å²) in [6.45, 7) is 8.04. The van der Waals surface area contributed by atoms with Crippen LogP contribution in [0, 0.1) is 12.8 Å². The quantitative estimate of drug-likeness (QED) is 0.525. The van der Waals surface area contributed by atoms with Crippen LogP contribution in [0.15, 0.2) is 12.2 Å². The molecule has 0 bridgehead atoms. The highest BCUT2D eigenvalue weighted by Gasteiger charge is 1.90. The van der Waals surface area contributed by atoms with Crippen LogP contribution in [-0.4, -0.2) is 0 Å². The van der Waals surface area contributed by atoms with Gasteiger partial charge in [0.15, 0.2) is 0 Å². The van der Waals surface area contributed by atoms with Gasteiger partial charge in [-0.2, -0.15) is 0 Å². The third-order valence-electron chi connectivity index (χ3n) is 1.21. The van der Waals surface area contributed by atoms with Gasteiger partial charge < -0.3 is 0 Å². The summed E-state index contributed by atoms with van der Waals surface area (Å²) in [6.07, 6.45) is 6.57. The van der Waals surface area contributed by atoms with E-state index in [1.807, 2.05) is 6.08 Å². The molecule has 47 valence electrons. The smallest absolute Gasteiger partial charge is 0.0262 e. The highest BCUT2D eigenvalue weighted by Crippen LogP contribution is 2.04. The lowest BCUT2D eigenvalue weighted by molar-refractivity contribution is 0.634. The Kier molecular flexibility index (Phi) is 4.73. The summed E-state index contributed by atoms with van der Waals surface area (Å²) in [5.41, 5.74) is 0. The van der Waals surface area contributed by atoms with Crippen molar-refractivity contribution >= 4 is 0 Å². The first-order chi connectivity index (χ1) is 3.81. The van der Waals surface area contributed by atoms with E-state index in [2.05, 4.69) is 26.8 Å². The highest BCUT2D eigenvalue weighted by molar-refractivity contribution is 4.87. The number of allylic oxidation sites excluding steroid dienone is 2. The molecule has 1 unspecified atom stereocenters. The number of rotatable bonds is 3. The van der Waals surface area contributed by atoms with Crippen LogP contribution in [-0.2, 0) is 0 Å². The van der Waals surface area contributed by atoms with Crippen LogP contribution in [0.3, 0.4) is 0 Å². The molecule has 0 aliphatic carbocycles. The van der Waals surface area contributed by atoms with Crippen LogP contribution in [0.4, 0.5) is 0 Å². The van der Waals surface area contributed by atoms with E-state index in [-0.39, 0.29) is 0 Å². The van der Waals surface area contributed by atoms with Crippen molar-refractivity contribution < 1.29 is 0 Å². The molecule has 0 fully saturated rings. The molecule has 8 heavy (non-hydrogen) atoms. The van der Waals surface area contributed by atoms with Crippen molar-refractivity contribution in [1.29, 1.82) is 0 Å². The minimum absolute atomic E-state index is 0.720. The molecule has 0 aromatic heterocycles. The zero-order chi connectivity index (χ0) is 6.41. The van der Waals surface area contributed by atoms with Gasteiger partial charge in [0.2, 0.25) is 0 Å². The average molecular weight is 111 g/mol. The first-order valence-corrected chi connectivity index (χ1v) is 3.27. The van der Waals surface area contributed by atoms with Gasteiger partial charge in [-0.1, -0.05) is 32.4 Å². The largest absolute Gasteiger partial charge is 0.0880 e. The molecule has 0 nitrogen and oxygen atoms in total. The maximum absolute atomic E-state index is 3.63. The van der Waals surface area contributed by atoms with Gasteiger partial charge >= 0.3 is 0 Å². The predicted octanol–water partition coefficient (Wildman–Crippen LogP) is 2.81. The second kappa shape index (κ2) is 4.89. The van der Waals surface area contributed by atoms with E-state index >= 15 is 0 Å². The van der Waals surface area contributed by atoms with E-state index < -0.39 is 0 Å². The Morgan fingerprint density at radius 1 is 1.62 bits per heavy atom. The van der Waals surface area contributed by atoms with Gasteiger partial charge in [0.25, 0.3) is 0 Å². The Labute approximate surface area is 52.6 Å². The molecule has 0 heteroatoms. The Morgan fingerprint density at radius 3 is 2.62 bits per heavy atom. The van der Waals surface area contributed by atoms with Crippen molar-refractivity contribution in [2.75, 3.05) is 0 Å². The van der Waals surface area contributed by atoms with Gasteiger partial charge in [-0.15, -0.1) is 0 Å². The van der Waals surface area contributed by atoms with Gasteiger partial charge in [-0.05, 0) is 19.3 Å². The second-order valence-corrected chi connectivity index (χ2v) is 2.19. The zero-order valence-corrected chi connectivity index (χ0v) is 5.85. The van der Waals surface area contributed by atoms with Crippen LogP contribution in [0.1, 0.15) is 26.7 Å². The molecule has 0 aliphatic heterocycles. The third-order valence-corrected chi connectivity index (χ3v) is 1.21. The monoisotopic (exact) mass is 111 g/mol. The van der Waals surface area contributed by atoms with Gasteiger partial charge in [0.1, 0.15) is 0 Å². The molecule has 0 aromatic carbocycles. The maximum Gasteiger partial charge on any atom is -0.0262 e. The molecular weight excluding hydrogens is 96.1 g/mol. The Bertz CT molecular complexity index is 62.4. The Hall–Kier alpha value is -0.260. The van der Waals surface area contributed by atoms with Crippen LogP contribution in [0.2, 0.25) is 0 Å². The molecule has 1 atom stereocenters. The summed E-state index contributed by atoms with van der Waals surface area (Å²) in [7, 11) is 0. The zero-order valence-electron chi connectivity index (χ0n) is 5.85. The predicted molar refractivity (Wildman–Crippen MR) is 38.6 cm³/mol. The van der Waals surface area contributed by atoms with Gasteiger partial charge in [0.05, 0.1) is 0 Å². The lowest BCUT2D eigenvalue weighted by atomic mass is 10.1. The molecule has 1 radical (unpaired) electrons. The minimum Gasteiger partial charge on any atom is -0.0880 e. The van der Waals surface area contributed by atoms with E-state index in [0.29, 0.717) is 0 Å². The van der Waals surface area contributed by atoms with Crippen LogP contribution in [0.5, 0.6) is 0 Å². The lowest BCUT2D eigenvalue weighted by Gasteiger charge is -1.99. The molecule has 0 saturated carbocycles. The average Bonchev–Trinajstić information content (AvgIpc) is 1.68. The molecule has 0 aromatic rings. The van der Waals surface area contributed by atoms with Crippen LogP contribution >= 0.6 is 0 Å². The number of hydrogen-bond donors (Lipinski definition) is 0. The SMILES string of the molecule is [CH2]/C=C/C(C)CCC. The summed E-state index contributed by atoms with van der Waals surface area (Å²) in [4.78, 5) is 0. The van der Waals surface area contributed by atoms with Crippen molar-refractivity contribution in [1.82, 2.24) is 0 Å². The van der Waals surface area contributed by atoms with Crippen molar-refractivity contribution in [3.63, 3.8) is 0 Å². The number of hydrogen-bond acceptors (Lipinski definition) is 0. The third kappa shape index (κ3) is 3.91. The normalized spacial score (nSPS) is 14.9. The van der Waals surface area contributed by atoms with Crippen molar-refractivity contribution in [3.05, 3.63) is 19.1 Å². The summed E-state index contributed by atoms with van der Waals surface area (Å²) in [6, 6.07) is 0. The molecule has 0 aliphatic rings. The second-order valence-electron chi connectivity index (χ2n) is 2.19. The summed E-state index contributed by atoms with van der Waals surface area (Å²) in [5.74, 6) is 0.720. The first kappa shape index (κ1) is 7.74. The standard InChI is InChI=1S/C8H15/c1-4-6-8(3)7-5-2/h4,6,8H,1,5,7H2,2-3H3/b6-4+. The van der Waals surface area contributed by atoms with Crippen LogP contribution < -0.4 is 0 Å². The van der Waals surface area contributed by atoms with E-state index in [4.69, 9.17) is 0 Å². The highest BCUT2D eigenvalue weighted by atomic mass is 14.0. The molecule has 0 amide bonds. The van der Waals surface area contributed by atoms with E-state index in [9.17, 15) is 0 Å². The fourth-order valence-electron chi connectivity index (χ4n) is 0.784. The molecule has 0 spiro atoms. The Morgan fingerprint density at radius 2 is 2.25 bits per heavy atom. The topological polar surface area (TPSA) is 0 Å². The lowest BCUT2D eigenvalue weighted by Crippen LogP contribution is -1.85. The first-order valence-electron chi connectivity index (χ1n) is 3.27. The fraction of sp³-hybridized carbons (Fsp3) is 0.625. The van der Waals surface area contributed by atoms with Gasteiger partial charge in [-0.3, -0.25) is 0 Å². The van der Waals surface area contributed by atoms with E-state index in [0.717, 1.165) is 5.92 Å². The minimum atomic E-state index is 0.720. The molecule has 0 N–H and O–H groups in total. The molecule has 0 saturated heterocycles. The Balaban J connectivity index is 3.17. The van der Waals surface area contributed by atoms with Crippen molar-refractivity contribution in [2.24, 2.45) is 5.92 Å². The van der Waals surface area contributed by atoms with E-state index in [1.54, 1.807) is 0 Å². The van der Waals surface area contributed by atoms with Gasteiger partial charge in [-0.25, -0.2) is 0 Å². The maximum atomic E-state index is 3.63. The molecular formula is C8H15. The van der Waals surface area contributed by atoms with Crippen molar-refractivity contribution in [3.8, 4) is 0 Å². The molecule has 0 rings (SSSR count). The van der Waals surface area contributed by atoms with Gasteiger partial charge in [0, 0.05) is 0 Å².